The van der Waals surface area contributed by atoms with Gasteiger partial charge in [0.15, 0.2) is 6.17 Å². The number of fused-ring (bicyclic) bond motifs is 10. The number of furan rings is 2. The van der Waals surface area contributed by atoms with Crippen LogP contribution in [-0.2, 0) is 0 Å². The number of para-hydroxylation sites is 3. The average Bonchev–Trinajstić information content (AvgIpc) is 3.96. The largest absolute Gasteiger partial charge is 0.456 e. The van der Waals surface area contributed by atoms with Gasteiger partial charge in [-0.15, -0.1) is 0 Å². The fourth-order valence-corrected chi connectivity index (χ4v) is 9.17. The van der Waals surface area contributed by atoms with Crippen LogP contribution in [0.4, 0.5) is 11.4 Å². The van der Waals surface area contributed by atoms with E-state index < -0.39 is 6.17 Å². The molecule has 270 valence electrons. The van der Waals surface area contributed by atoms with Crippen LogP contribution in [-0.4, -0.2) is 17.7 Å². The summed E-state index contributed by atoms with van der Waals surface area (Å²) in [5.74, 6) is 2.44. The van der Waals surface area contributed by atoms with E-state index in [-0.39, 0.29) is 12.0 Å². The summed E-state index contributed by atoms with van der Waals surface area (Å²) in [4.78, 5) is 13.3. The molecule has 12 rings (SSSR count). The number of aliphatic imine (C=N–C) groups is 2. The molecule has 3 unspecified atom stereocenters. The van der Waals surface area contributed by atoms with E-state index in [9.17, 15) is 0 Å². The van der Waals surface area contributed by atoms with Gasteiger partial charge in [-0.1, -0.05) is 121 Å². The summed E-state index contributed by atoms with van der Waals surface area (Å²) in [5.41, 5.74) is 12.6. The molecule has 0 bridgehead atoms. The molecule has 0 spiro atoms. The normalized spacial score (nSPS) is 18.2. The number of rotatable bonds is 5. The molecule has 0 fully saturated rings. The van der Waals surface area contributed by atoms with E-state index in [0.717, 1.165) is 78.2 Å². The summed E-state index contributed by atoms with van der Waals surface area (Å²) < 4.78 is 12.9. The van der Waals surface area contributed by atoms with Gasteiger partial charge in [-0.3, -0.25) is 0 Å². The van der Waals surface area contributed by atoms with Crippen molar-refractivity contribution in [2.75, 3.05) is 4.90 Å². The van der Waals surface area contributed by atoms with E-state index in [1.165, 1.54) is 22.5 Å². The zero-order chi connectivity index (χ0) is 37.5. The molecule has 57 heavy (non-hydrogen) atoms. The van der Waals surface area contributed by atoms with Crippen molar-refractivity contribution in [3.05, 3.63) is 210 Å². The van der Waals surface area contributed by atoms with Gasteiger partial charge in [0.05, 0.1) is 6.04 Å². The smallest absolute Gasteiger partial charge is 0.170 e. The number of benzene rings is 7. The molecule has 0 saturated heterocycles. The molecule has 0 radical (unpaired) electrons. The monoisotopic (exact) mass is 734 g/mol. The minimum Gasteiger partial charge on any atom is -0.456 e. The van der Waals surface area contributed by atoms with Crippen LogP contribution in [0.2, 0.25) is 0 Å². The number of hydrogen-bond donors (Lipinski definition) is 1. The predicted molar refractivity (Wildman–Crippen MR) is 230 cm³/mol. The standard InChI is InChI=1S/C51H34N4O2/c1-3-13-31(14-4-1)32-15-11-16-33(29-32)49-52-50(34-25-27-43-39(30-34)36-19-8-10-23-42(36)56-43)54-51(53-49)38-21-12-24-44-47(38)48-45(57-44)28-26-41-46(48)37-20-7-9-22-40(37)55(41)35-17-5-2-6-18-35/h1-30,41,46,51H,(H,52,53,54). The Hall–Kier alpha value is -7.44. The second kappa shape index (κ2) is 12.5. The van der Waals surface area contributed by atoms with Crippen LogP contribution in [0, 0.1) is 0 Å². The topological polar surface area (TPSA) is 66.3 Å². The molecule has 1 aliphatic carbocycles. The molecule has 6 nitrogen and oxygen atoms in total. The Morgan fingerprint density at radius 2 is 1.18 bits per heavy atom. The van der Waals surface area contributed by atoms with Crippen LogP contribution >= 0.6 is 0 Å². The third-order valence-corrected chi connectivity index (χ3v) is 11.7. The Balaban J connectivity index is 1.05. The first kappa shape index (κ1) is 31.9. The Morgan fingerprint density at radius 1 is 0.509 bits per heavy atom. The van der Waals surface area contributed by atoms with Crippen molar-refractivity contribution in [2.45, 2.75) is 18.1 Å². The lowest BCUT2D eigenvalue weighted by atomic mass is 9.81. The first-order chi connectivity index (χ1) is 28.2. The highest BCUT2D eigenvalue weighted by Gasteiger charge is 2.44. The lowest BCUT2D eigenvalue weighted by Gasteiger charge is -2.30. The molecular formula is C51H34N4O2. The van der Waals surface area contributed by atoms with Crippen LogP contribution in [0.25, 0.3) is 50.1 Å². The van der Waals surface area contributed by atoms with Crippen molar-refractivity contribution in [2.24, 2.45) is 9.98 Å². The minimum atomic E-state index is -0.551. The third kappa shape index (κ3) is 5.04. The lowest BCUT2D eigenvalue weighted by Crippen LogP contribution is -2.36. The number of anilines is 2. The second-order valence-corrected chi connectivity index (χ2v) is 14.9. The molecule has 6 heteroatoms. The van der Waals surface area contributed by atoms with Gasteiger partial charge in [-0.25, -0.2) is 9.98 Å². The van der Waals surface area contributed by atoms with Crippen molar-refractivity contribution < 1.29 is 8.83 Å². The molecule has 9 aromatic rings. The van der Waals surface area contributed by atoms with Crippen molar-refractivity contribution in [3.63, 3.8) is 0 Å². The molecule has 7 aromatic carbocycles. The van der Waals surface area contributed by atoms with Crippen LogP contribution in [0.1, 0.15) is 45.7 Å². The molecule has 4 heterocycles. The third-order valence-electron chi connectivity index (χ3n) is 11.7. The maximum Gasteiger partial charge on any atom is 0.170 e. The van der Waals surface area contributed by atoms with Crippen LogP contribution < -0.4 is 10.2 Å². The van der Waals surface area contributed by atoms with Gasteiger partial charge < -0.3 is 19.1 Å². The number of nitrogens with zero attached hydrogens (tertiary/aromatic N) is 3. The highest BCUT2D eigenvalue weighted by molar-refractivity contribution is 6.18. The number of hydrogen-bond acceptors (Lipinski definition) is 6. The molecule has 3 aliphatic rings. The van der Waals surface area contributed by atoms with Crippen molar-refractivity contribution >= 4 is 62.0 Å². The predicted octanol–water partition coefficient (Wildman–Crippen LogP) is 12.2. The Morgan fingerprint density at radius 3 is 2.05 bits per heavy atom. The minimum absolute atomic E-state index is 0.0526. The van der Waals surface area contributed by atoms with Crippen molar-refractivity contribution in [1.82, 2.24) is 5.32 Å². The average molecular weight is 735 g/mol. The molecule has 3 atom stereocenters. The van der Waals surface area contributed by atoms with Gasteiger partial charge in [0.1, 0.15) is 34.2 Å². The quantitative estimate of drug-likeness (QED) is 0.191. The number of amidine groups is 2. The van der Waals surface area contributed by atoms with Gasteiger partial charge in [0.2, 0.25) is 0 Å². The second-order valence-electron chi connectivity index (χ2n) is 14.9. The maximum absolute atomic E-state index is 6.73. The van der Waals surface area contributed by atoms with Gasteiger partial charge >= 0.3 is 0 Å². The summed E-state index contributed by atoms with van der Waals surface area (Å²) in [6.07, 6.45) is 3.91. The van der Waals surface area contributed by atoms with Crippen molar-refractivity contribution in [3.8, 4) is 11.1 Å². The molecule has 1 N–H and O–H groups in total. The first-order valence-electron chi connectivity index (χ1n) is 19.4. The van der Waals surface area contributed by atoms with Crippen LogP contribution in [0.5, 0.6) is 0 Å². The van der Waals surface area contributed by atoms with E-state index in [4.69, 9.17) is 18.8 Å². The van der Waals surface area contributed by atoms with E-state index in [0.29, 0.717) is 0 Å². The molecular weight excluding hydrogens is 701 g/mol. The molecule has 2 aliphatic heterocycles. The first-order valence-corrected chi connectivity index (χ1v) is 19.4. The summed E-state index contributed by atoms with van der Waals surface area (Å²) in [6.45, 7) is 0. The van der Waals surface area contributed by atoms with Gasteiger partial charge in [0.25, 0.3) is 0 Å². The maximum atomic E-state index is 6.73. The van der Waals surface area contributed by atoms with E-state index >= 15 is 0 Å². The lowest BCUT2D eigenvalue weighted by molar-refractivity contribution is 0.584. The van der Waals surface area contributed by atoms with Gasteiger partial charge in [0, 0.05) is 55.7 Å². The number of nitrogens with one attached hydrogen (secondary N) is 1. The Kier molecular flexibility index (Phi) is 7.01. The van der Waals surface area contributed by atoms with Gasteiger partial charge in [-0.05, 0) is 77.4 Å². The van der Waals surface area contributed by atoms with E-state index in [1.54, 1.807) is 0 Å². The van der Waals surface area contributed by atoms with Crippen LogP contribution in [0.3, 0.4) is 0 Å². The SMILES string of the molecule is C1=CC2C(c3ccccc3N2c2ccccc2)c2c1oc1cccc(C3N=C(c4cccc(-c5ccccc5)c4)NC(c4ccc5oc6ccccc6c5c4)=N3)c21. The zero-order valence-electron chi connectivity index (χ0n) is 30.7. The molecule has 0 saturated carbocycles. The summed E-state index contributed by atoms with van der Waals surface area (Å²) in [7, 11) is 0. The highest BCUT2D eigenvalue weighted by Crippen LogP contribution is 2.54. The molecule has 0 amide bonds. The summed E-state index contributed by atoms with van der Waals surface area (Å²) in [5, 5.41) is 6.87. The molecule has 2 aromatic heterocycles. The van der Waals surface area contributed by atoms with Crippen molar-refractivity contribution in [1.29, 1.82) is 0 Å². The summed E-state index contributed by atoms with van der Waals surface area (Å²) >= 11 is 0. The highest BCUT2D eigenvalue weighted by atomic mass is 16.3. The fourth-order valence-electron chi connectivity index (χ4n) is 9.17. The van der Waals surface area contributed by atoms with Crippen LogP contribution in [0.15, 0.2) is 195 Å². The van der Waals surface area contributed by atoms with E-state index in [2.05, 4.69) is 168 Å². The zero-order valence-corrected chi connectivity index (χ0v) is 30.7. The Bertz CT molecular complexity index is 3140. The van der Waals surface area contributed by atoms with Gasteiger partial charge in [-0.2, -0.15) is 0 Å². The summed E-state index contributed by atoms with van der Waals surface area (Å²) in [6, 6.07) is 59.4. The fraction of sp³-hybridized carbons (Fsp3) is 0.0588. The van der Waals surface area contributed by atoms with E-state index in [1.807, 2.05) is 24.3 Å². The Labute approximate surface area is 328 Å².